The molecule has 1 aromatic carbocycles. The van der Waals surface area contributed by atoms with Crippen molar-refractivity contribution < 1.29 is 24.4 Å². The fourth-order valence-electron chi connectivity index (χ4n) is 1.72. The van der Waals surface area contributed by atoms with Crippen LogP contribution in [0.5, 0.6) is 5.75 Å². The molecule has 0 heterocycles. The Hall–Kier alpha value is -1.14. The number of hydrogen-bond donors (Lipinski definition) is 2. The van der Waals surface area contributed by atoms with Crippen molar-refractivity contribution >= 4 is 0 Å². The Balaban J connectivity index is 2.44. The first-order valence-corrected chi connectivity index (χ1v) is 6.70. The molecule has 0 saturated carbocycles. The summed E-state index contributed by atoms with van der Waals surface area (Å²) in [5.74, 6) is 0.585. The number of aliphatic hydroxyl groups excluding tert-OH is 2. The molecular weight excluding hydrogens is 260 g/mol. The average molecular weight is 284 g/mol. The first-order chi connectivity index (χ1) is 9.54. The molecule has 0 fully saturated rings. The molecule has 1 aromatic rings. The van der Waals surface area contributed by atoms with Crippen LogP contribution in [0.2, 0.25) is 0 Å². The van der Waals surface area contributed by atoms with Crippen LogP contribution in [-0.4, -0.2) is 49.9 Å². The van der Waals surface area contributed by atoms with Gasteiger partial charge in [0.15, 0.2) is 0 Å². The Morgan fingerprint density at radius 2 is 1.90 bits per heavy atom. The Bertz CT molecular complexity index is 392. The summed E-state index contributed by atoms with van der Waals surface area (Å²) in [5.41, 5.74) is 1.77. The Labute approximate surface area is 120 Å². The molecule has 20 heavy (non-hydrogen) atoms. The first-order valence-electron chi connectivity index (χ1n) is 6.70. The van der Waals surface area contributed by atoms with E-state index in [1.165, 1.54) is 0 Å². The topological polar surface area (TPSA) is 68.2 Å². The summed E-state index contributed by atoms with van der Waals surface area (Å²) >= 11 is 0. The van der Waals surface area contributed by atoms with E-state index in [1.807, 2.05) is 19.1 Å². The molecule has 0 spiro atoms. The van der Waals surface area contributed by atoms with Gasteiger partial charge in [0, 0.05) is 12.7 Å². The highest BCUT2D eigenvalue weighted by molar-refractivity contribution is 5.38. The minimum Gasteiger partial charge on any atom is -0.490 e. The number of aliphatic hydroxyl groups is 2. The van der Waals surface area contributed by atoms with Gasteiger partial charge in [-0.2, -0.15) is 0 Å². The van der Waals surface area contributed by atoms with Crippen LogP contribution < -0.4 is 4.74 Å². The second-order valence-corrected chi connectivity index (χ2v) is 4.75. The molecule has 0 aliphatic rings. The predicted octanol–water partition coefficient (Wildman–Crippen LogP) is 1.45. The lowest BCUT2D eigenvalue weighted by molar-refractivity contribution is -0.00460. The van der Waals surface area contributed by atoms with Gasteiger partial charge >= 0.3 is 0 Å². The molecule has 2 N–H and O–H groups in total. The molecule has 0 radical (unpaired) electrons. The highest BCUT2D eigenvalue weighted by Gasteiger charge is 2.12. The van der Waals surface area contributed by atoms with Crippen LogP contribution in [0.1, 0.15) is 24.2 Å². The fraction of sp³-hybridized carbons (Fsp3) is 0.600. The van der Waals surface area contributed by atoms with Crippen LogP contribution in [-0.2, 0) is 9.47 Å². The molecular formula is C15H24O5. The van der Waals surface area contributed by atoms with Crippen molar-refractivity contribution in [1.82, 2.24) is 0 Å². The van der Waals surface area contributed by atoms with E-state index in [2.05, 4.69) is 0 Å². The molecule has 0 bridgehead atoms. The highest BCUT2D eigenvalue weighted by Crippen LogP contribution is 2.26. The molecule has 1 rings (SSSR count). The van der Waals surface area contributed by atoms with Crippen LogP contribution >= 0.6 is 0 Å². The van der Waals surface area contributed by atoms with Gasteiger partial charge in [-0.1, -0.05) is 11.6 Å². The number of hydrogen-bond acceptors (Lipinski definition) is 5. The van der Waals surface area contributed by atoms with E-state index in [0.29, 0.717) is 19.0 Å². The maximum atomic E-state index is 9.74. The maximum Gasteiger partial charge on any atom is 0.125 e. The standard InChI is InChI=1S/C15H24O5/c1-11-4-5-15(14(8-11)12(2)16)20-10-13(17)9-19-7-6-18-3/h4-5,8,12-13,16-17H,6-7,9-10H2,1-3H3/t12-,13?/m0/s1. The van der Waals surface area contributed by atoms with Crippen LogP contribution in [0.15, 0.2) is 18.2 Å². The normalized spacial score (nSPS) is 14.1. The van der Waals surface area contributed by atoms with Crippen LogP contribution in [0, 0.1) is 6.92 Å². The van der Waals surface area contributed by atoms with Crippen LogP contribution in [0.3, 0.4) is 0 Å². The Morgan fingerprint density at radius 3 is 2.55 bits per heavy atom. The van der Waals surface area contributed by atoms with Gasteiger partial charge in [0.05, 0.1) is 25.9 Å². The molecule has 0 aromatic heterocycles. The van der Waals surface area contributed by atoms with E-state index < -0.39 is 12.2 Å². The molecule has 5 nitrogen and oxygen atoms in total. The average Bonchev–Trinajstić information content (AvgIpc) is 2.42. The molecule has 0 amide bonds. The molecule has 5 heteroatoms. The van der Waals surface area contributed by atoms with Crippen molar-refractivity contribution in [2.45, 2.75) is 26.1 Å². The van der Waals surface area contributed by atoms with Gasteiger partial charge in [0.1, 0.15) is 18.5 Å². The molecule has 0 aliphatic heterocycles. The van der Waals surface area contributed by atoms with E-state index in [9.17, 15) is 10.2 Å². The van der Waals surface area contributed by atoms with Gasteiger partial charge in [-0.3, -0.25) is 0 Å². The number of aryl methyl sites for hydroxylation is 1. The summed E-state index contributed by atoms with van der Waals surface area (Å²) < 4.78 is 15.6. The van der Waals surface area contributed by atoms with Gasteiger partial charge in [-0.25, -0.2) is 0 Å². The van der Waals surface area contributed by atoms with Gasteiger partial charge in [-0.15, -0.1) is 0 Å². The molecule has 1 unspecified atom stereocenters. The van der Waals surface area contributed by atoms with E-state index >= 15 is 0 Å². The molecule has 0 aliphatic carbocycles. The van der Waals surface area contributed by atoms with Crippen molar-refractivity contribution in [3.63, 3.8) is 0 Å². The van der Waals surface area contributed by atoms with E-state index in [0.717, 1.165) is 11.1 Å². The largest absolute Gasteiger partial charge is 0.490 e. The zero-order chi connectivity index (χ0) is 15.0. The van der Waals surface area contributed by atoms with Crippen molar-refractivity contribution in [3.8, 4) is 5.75 Å². The van der Waals surface area contributed by atoms with E-state index in [4.69, 9.17) is 14.2 Å². The zero-order valence-corrected chi connectivity index (χ0v) is 12.3. The van der Waals surface area contributed by atoms with Gasteiger partial charge in [-0.05, 0) is 26.0 Å². The first kappa shape index (κ1) is 16.9. The number of rotatable bonds is 9. The monoisotopic (exact) mass is 284 g/mol. The Kier molecular flexibility index (Phi) is 7.54. The van der Waals surface area contributed by atoms with Crippen LogP contribution in [0.25, 0.3) is 0 Å². The second kappa shape index (κ2) is 8.92. The zero-order valence-electron chi connectivity index (χ0n) is 12.3. The van der Waals surface area contributed by atoms with E-state index in [1.54, 1.807) is 20.1 Å². The van der Waals surface area contributed by atoms with Gasteiger partial charge in [0.25, 0.3) is 0 Å². The minimum atomic E-state index is -0.713. The summed E-state index contributed by atoms with van der Waals surface area (Å²) in [4.78, 5) is 0. The summed E-state index contributed by atoms with van der Waals surface area (Å²) in [5, 5.41) is 19.5. The predicted molar refractivity (Wildman–Crippen MR) is 76.0 cm³/mol. The molecule has 2 atom stereocenters. The number of methoxy groups -OCH3 is 1. The molecule has 0 saturated heterocycles. The second-order valence-electron chi connectivity index (χ2n) is 4.75. The third-order valence-corrected chi connectivity index (χ3v) is 2.79. The van der Waals surface area contributed by atoms with Gasteiger partial charge in [0.2, 0.25) is 0 Å². The Morgan fingerprint density at radius 1 is 1.15 bits per heavy atom. The third-order valence-electron chi connectivity index (χ3n) is 2.79. The number of benzene rings is 1. The molecule has 114 valence electrons. The summed E-state index contributed by atoms with van der Waals surface area (Å²) in [6, 6.07) is 5.58. The van der Waals surface area contributed by atoms with Crippen molar-refractivity contribution in [1.29, 1.82) is 0 Å². The smallest absolute Gasteiger partial charge is 0.125 e. The summed E-state index contributed by atoms with van der Waals surface area (Å²) in [7, 11) is 1.60. The van der Waals surface area contributed by atoms with E-state index in [-0.39, 0.29) is 13.2 Å². The third kappa shape index (κ3) is 5.88. The summed E-state index contributed by atoms with van der Waals surface area (Å²) in [6.07, 6.45) is -1.32. The quantitative estimate of drug-likeness (QED) is 0.672. The SMILES string of the molecule is COCCOCC(O)COc1ccc(C)cc1[C@H](C)O. The van der Waals surface area contributed by atoms with Crippen LogP contribution in [0.4, 0.5) is 0 Å². The van der Waals surface area contributed by atoms with Crippen molar-refractivity contribution in [3.05, 3.63) is 29.3 Å². The van der Waals surface area contributed by atoms with Crippen molar-refractivity contribution in [2.24, 2.45) is 0 Å². The lowest BCUT2D eigenvalue weighted by Crippen LogP contribution is -2.24. The minimum absolute atomic E-state index is 0.121. The summed E-state index contributed by atoms with van der Waals surface area (Å²) in [6.45, 7) is 4.89. The lowest BCUT2D eigenvalue weighted by Gasteiger charge is -2.17. The van der Waals surface area contributed by atoms with Gasteiger partial charge < -0.3 is 24.4 Å². The van der Waals surface area contributed by atoms with Crippen molar-refractivity contribution in [2.75, 3.05) is 33.5 Å². The fourth-order valence-corrected chi connectivity index (χ4v) is 1.72. The number of ether oxygens (including phenoxy) is 3. The lowest BCUT2D eigenvalue weighted by atomic mass is 10.1. The highest BCUT2D eigenvalue weighted by atomic mass is 16.5. The maximum absolute atomic E-state index is 9.74.